The first-order chi connectivity index (χ1) is 11.6. The molecule has 1 atom stereocenters. The van der Waals surface area contributed by atoms with Crippen LogP contribution in [0.15, 0.2) is 48.5 Å². The molecule has 24 heavy (non-hydrogen) atoms. The van der Waals surface area contributed by atoms with Gasteiger partial charge < -0.3 is 10.1 Å². The number of hydrogen-bond donors (Lipinski definition) is 1. The first-order valence-corrected chi connectivity index (χ1v) is 8.24. The summed E-state index contributed by atoms with van der Waals surface area (Å²) in [4.78, 5) is 23.7. The van der Waals surface area contributed by atoms with Gasteiger partial charge in [-0.25, -0.2) is 0 Å². The lowest BCUT2D eigenvalue weighted by Crippen LogP contribution is -2.32. The molecule has 1 aliphatic rings. The Morgan fingerprint density at radius 2 is 1.92 bits per heavy atom. The number of Topliss-reactive ketones (excluding diaryl/α,β-unsaturated/α-hetero) is 1. The highest BCUT2D eigenvalue weighted by Gasteiger charge is 2.22. The molecule has 1 aliphatic carbocycles. The maximum Gasteiger partial charge on any atom is 0.257 e. The van der Waals surface area contributed by atoms with Crippen LogP contribution in [0, 0.1) is 0 Å². The number of benzene rings is 2. The fourth-order valence-electron chi connectivity index (χ4n) is 2.95. The van der Waals surface area contributed by atoms with E-state index in [1.807, 2.05) is 30.3 Å². The molecule has 3 rings (SSSR count). The highest BCUT2D eigenvalue weighted by Crippen LogP contribution is 2.30. The Morgan fingerprint density at radius 1 is 1.12 bits per heavy atom. The number of carbonyl (C=O) groups excluding carboxylic acids is 2. The topological polar surface area (TPSA) is 55.4 Å². The largest absolute Gasteiger partial charge is 0.483 e. The van der Waals surface area contributed by atoms with Crippen LogP contribution in [0.25, 0.3) is 0 Å². The van der Waals surface area contributed by atoms with Gasteiger partial charge in [0.05, 0.1) is 0 Å². The summed E-state index contributed by atoms with van der Waals surface area (Å²) >= 11 is 0. The summed E-state index contributed by atoms with van der Waals surface area (Å²) < 4.78 is 5.63. The number of hydrogen-bond acceptors (Lipinski definition) is 3. The van der Waals surface area contributed by atoms with Gasteiger partial charge >= 0.3 is 0 Å². The van der Waals surface area contributed by atoms with Crippen molar-refractivity contribution < 1.29 is 14.3 Å². The summed E-state index contributed by atoms with van der Waals surface area (Å²) in [5.74, 6) is 0.884. The minimum atomic E-state index is -0.153. The molecule has 0 radical (unpaired) electrons. The summed E-state index contributed by atoms with van der Waals surface area (Å²) in [6.07, 6.45) is 1.22. The summed E-state index contributed by atoms with van der Waals surface area (Å²) in [5.41, 5.74) is 2.84. The Labute approximate surface area is 141 Å². The SMILES string of the molecule is CC(CNC(=O)COc1cccc2c1CCC2=O)c1ccccc1. The number of ketones is 1. The molecule has 1 unspecified atom stereocenters. The monoisotopic (exact) mass is 323 g/mol. The van der Waals surface area contributed by atoms with E-state index in [1.165, 1.54) is 5.56 Å². The van der Waals surface area contributed by atoms with Crippen LogP contribution in [0.1, 0.15) is 40.7 Å². The van der Waals surface area contributed by atoms with Crippen molar-refractivity contribution in [3.63, 3.8) is 0 Å². The van der Waals surface area contributed by atoms with Gasteiger partial charge in [-0.05, 0) is 24.0 Å². The highest BCUT2D eigenvalue weighted by atomic mass is 16.5. The van der Waals surface area contributed by atoms with E-state index < -0.39 is 0 Å². The number of carbonyl (C=O) groups is 2. The second-order valence-corrected chi connectivity index (χ2v) is 6.11. The Morgan fingerprint density at radius 3 is 2.71 bits per heavy atom. The van der Waals surface area contributed by atoms with Gasteiger partial charge in [-0.2, -0.15) is 0 Å². The Bertz CT molecular complexity index is 740. The van der Waals surface area contributed by atoms with E-state index in [4.69, 9.17) is 4.74 Å². The van der Waals surface area contributed by atoms with Crippen LogP contribution in [0.5, 0.6) is 5.75 Å². The van der Waals surface area contributed by atoms with Gasteiger partial charge in [-0.3, -0.25) is 9.59 Å². The highest BCUT2D eigenvalue weighted by molar-refractivity contribution is 6.01. The number of ether oxygens (including phenoxy) is 1. The van der Waals surface area contributed by atoms with Crippen LogP contribution >= 0.6 is 0 Å². The minimum absolute atomic E-state index is 0.0356. The molecule has 4 heteroatoms. The number of fused-ring (bicyclic) bond motifs is 1. The standard InChI is InChI=1S/C20H21NO3/c1-14(15-6-3-2-4-7-15)12-21-20(23)13-24-19-9-5-8-16-17(19)10-11-18(16)22/h2-9,14H,10-13H2,1H3,(H,21,23). The third-order valence-electron chi connectivity index (χ3n) is 4.37. The molecule has 0 bridgehead atoms. The average molecular weight is 323 g/mol. The van der Waals surface area contributed by atoms with Crippen LogP contribution in [0.3, 0.4) is 0 Å². The molecule has 0 aliphatic heterocycles. The van der Waals surface area contributed by atoms with E-state index >= 15 is 0 Å². The Balaban J connectivity index is 1.51. The third kappa shape index (κ3) is 3.65. The summed E-state index contributed by atoms with van der Waals surface area (Å²) in [6.45, 7) is 2.61. The van der Waals surface area contributed by atoms with Gasteiger partial charge in [-0.1, -0.05) is 49.4 Å². The molecule has 4 nitrogen and oxygen atoms in total. The van der Waals surface area contributed by atoms with E-state index in [0.717, 1.165) is 11.1 Å². The van der Waals surface area contributed by atoms with E-state index in [-0.39, 0.29) is 24.2 Å². The van der Waals surface area contributed by atoms with Crippen LogP contribution in [0.2, 0.25) is 0 Å². The van der Waals surface area contributed by atoms with Crippen molar-refractivity contribution in [1.29, 1.82) is 0 Å². The molecule has 0 spiro atoms. The smallest absolute Gasteiger partial charge is 0.257 e. The van der Waals surface area contributed by atoms with Gasteiger partial charge in [0.25, 0.3) is 5.91 Å². The van der Waals surface area contributed by atoms with Crippen molar-refractivity contribution in [3.05, 3.63) is 65.2 Å². The zero-order valence-corrected chi connectivity index (χ0v) is 13.7. The van der Waals surface area contributed by atoms with Gasteiger partial charge in [0.15, 0.2) is 12.4 Å². The van der Waals surface area contributed by atoms with Gasteiger partial charge in [0.1, 0.15) is 5.75 Å². The van der Waals surface area contributed by atoms with Gasteiger partial charge in [0.2, 0.25) is 0 Å². The predicted molar refractivity (Wildman–Crippen MR) is 92.5 cm³/mol. The average Bonchev–Trinajstić information content (AvgIpc) is 3.00. The van der Waals surface area contributed by atoms with E-state index in [0.29, 0.717) is 25.1 Å². The van der Waals surface area contributed by atoms with E-state index in [2.05, 4.69) is 24.4 Å². The quantitative estimate of drug-likeness (QED) is 0.888. The lowest BCUT2D eigenvalue weighted by Gasteiger charge is -2.14. The van der Waals surface area contributed by atoms with Crippen molar-refractivity contribution in [1.82, 2.24) is 5.32 Å². The van der Waals surface area contributed by atoms with Crippen LogP contribution in [-0.4, -0.2) is 24.8 Å². The Hall–Kier alpha value is -2.62. The molecule has 0 saturated heterocycles. The second kappa shape index (κ2) is 7.30. The van der Waals surface area contributed by atoms with Gasteiger partial charge in [-0.15, -0.1) is 0 Å². The fraction of sp³-hybridized carbons (Fsp3) is 0.300. The third-order valence-corrected chi connectivity index (χ3v) is 4.37. The minimum Gasteiger partial charge on any atom is -0.483 e. The van der Waals surface area contributed by atoms with Crippen molar-refractivity contribution in [2.24, 2.45) is 0 Å². The molecule has 1 N–H and O–H groups in total. The lowest BCUT2D eigenvalue weighted by atomic mass is 10.0. The van der Waals surface area contributed by atoms with Crippen molar-refractivity contribution in [2.45, 2.75) is 25.7 Å². The van der Waals surface area contributed by atoms with Crippen molar-refractivity contribution in [2.75, 3.05) is 13.2 Å². The molecule has 2 aromatic carbocycles. The molecule has 0 fully saturated rings. The zero-order chi connectivity index (χ0) is 16.9. The molecule has 0 aromatic heterocycles. The van der Waals surface area contributed by atoms with Crippen LogP contribution in [-0.2, 0) is 11.2 Å². The van der Waals surface area contributed by atoms with E-state index in [9.17, 15) is 9.59 Å². The maximum atomic E-state index is 12.0. The first kappa shape index (κ1) is 16.2. The predicted octanol–water partition coefficient (Wildman–Crippen LogP) is 3.11. The molecule has 1 amide bonds. The molecular formula is C20H21NO3. The molecular weight excluding hydrogens is 302 g/mol. The normalized spacial score (nSPS) is 14.1. The molecule has 0 saturated carbocycles. The molecule has 0 heterocycles. The van der Waals surface area contributed by atoms with Gasteiger partial charge in [0, 0.05) is 24.1 Å². The number of rotatable bonds is 6. The van der Waals surface area contributed by atoms with Crippen LogP contribution in [0.4, 0.5) is 0 Å². The van der Waals surface area contributed by atoms with Crippen molar-refractivity contribution >= 4 is 11.7 Å². The summed E-state index contributed by atoms with van der Waals surface area (Å²) in [5, 5.41) is 2.90. The molecule has 124 valence electrons. The second-order valence-electron chi connectivity index (χ2n) is 6.11. The van der Waals surface area contributed by atoms with Crippen LogP contribution < -0.4 is 10.1 Å². The number of nitrogens with one attached hydrogen (secondary N) is 1. The lowest BCUT2D eigenvalue weighted by molar-refractivity contribution is -0.123. The first-order valence-electron chi connectivity index (χ1n) is 8.24. The summed E-state index contributed by atoms with van der Waals surface area (Å²) in [7, 11) is 0. The maximum absolute atomic E-state index is 12.0. The van der Waals surface area contributed by atoms with Crippen molar-refractivity contribution in [3.8, 4) is 5.75 Å². The van der Waals surface area contributed by atoms with E-state index in [1.54, 1.807) is 6.07 Å². The molecule has 2 aromatic rings. The summed E-state index contributed by atoms with van der Waals surface area (Å²) in [6, 6.07) is 15.5. The fourth-order valence-corrected chi connectivity index (χ4v) is 2.95. The Kier molecular flexibility index (Phi) is 4.94. The zero-order valence-electron chi connectivity index (χ0n) is 13.7. The number of amides is 1.